The van der Waals surface area contributed by atoms with Gasteiger partial charge < -0.3 is 21.2 Å². The molecule has 1 aliphatic rings. The molecule has 0 aromatic carbocycles. The highest BCUT2D eigenvalue weighted by Crippen LogP contribution is 2.38. The van der Waals surface area contributed by atoms with Crippen molar-refractivity contribution in [1.29, 1.82) is 0 Å². The fourth-order valence-electron chi connectivity index (χ4n) is 2.80. The van der Waals surface area contributed by atoms with Crippen LogP contribution in [0.2, 0.25) is 0 Å². The molecule has 116 valence electrons. The van der Waals surface area contributed by atoms with Gasteiger partial charge in [-0.2, -0.15) is 0 Å². The zero-order valence-corrected chi connectivity index (χ0v) is 13.0. The van der Waals surface area contributed by atoms with Gasteiger partial charge in [0.05, 0.1) is 0 Å². The molecule has 0 radical (unpaired) electrons. The van der Waals surface area contributed by atoms with Crippen LogP contribution in [-0.2, 0) is 4.79 Å². The van der Waals surface area contributed by atoms with Gasteiger partial charge in [-0.25, -0.2) is 0 Å². The fraction of sp³-hybridized carbons (Fsp3) is 0.857. The lowest BCUT2D eigenvalue weighted by molar-refractivity contribution is -0.128. The third-order valence-corrected chi connectivity index (χ3v) is 4.17. The van der Waals surface area contributed by atoms with Crippen molar-refractivity contribution in [2.75, 3.05) is 20.6 Å². The first-order chi connectivity index (χ1) is 9.33. The molecule has 0 aromatic rings. The van der Waals surface area contributed by atoms with Crippen molar-refractivity contribution in [2.24, 2.45) is 22.2 Å². The summed E-state index contributed by atoms with van der Waals surface area (Å²) in [4.78, 5) is 14.7. The third-order valence-electron chi connectivity index (χ3n) is 4.17. The van der Waals surface area contributed by atoms with Crippen LogP contribution in [0.15, 0.2) is 5.16 Å². The number of rotatable bonds is 6. The highest BCUT2D eigenvalue weighted by molar-refractivity contribution is 6.07. The van der Waals surface area contributed by atoms with E-state index < -0.39 is 5.41 Å². The molecule has 0 aliphatic heterocycles. The summed E-state index contributed by atoms with van der Waals surface area (Å²) in [5.74, 6) is 0.262. The van der Waals surface area contributed by atoms with Crippen molar-refractivity contribution in [3.63, 3.8) is 0 Å². The van der Waals surface area contributed by atoms with Crippen LogP contribution in [0.1, 0.15) is 39.5 Å². The van der Waals surface area contributed by atoms with Gasteiger partial charge in [-0.3, -0.25) is 4.79 Å². The van der Waals surface area contributed by atoms with E-state index >= 15 is 0 Å². The molecule has 1 saturated carbocycles. The first-order valence-electron chi connectivity index (χ1n) is 7.27. The van der Waals surface area contributed by atoms with Crippen molar-refractivity contribution in [3.05, 3.63) is 0 Å². The van der Waals surface area contributed by atoms with Crippen molar-refractivity contribution in [2.45, 2.75) is 45.6 Å². The quantitative estimate of drug-likeness (QED) is 0.294. The summed E-state index contributed by atoms with van der Waals surface area (Å²) in [5.41, 5.74) is 4.97. The molecule has 0 aromatic heterocycles. The molecule has 6 heteroatoms. The molecule has 1 amide bonds. The number of oxime groups is 1. The highest BCUT2D eigenvalue weighted by Gasteiger charge is 2.46. The number of hydrogen-bond donors (Lipinski definition) is 3. The van der Waals surface area contributed by atoms with Crippen LogP contribution < -0.4 is 11.1 Å². The Morgan fingerprint density at radius 1 is 1.40 bits per heavy atom. The largest absolute Gasteiger partial charge is 0.409 e. The Bertz CT molecular complexity index is 360. The second-order valence-corrected chi connectivity index (χ2v) is 6.36. The minimum absolute atomic E-state index is 0.0415. The van der Waals surface area contributed by atoms with Gasteiger partial charge in [-0.05, 0) is 32.9 Å². The Labute approximate surface area is 121 Å². The average Bonchev–Trinajstić information content (AvgIpc) is 2.86. The summed E-state index contributed by atoms with van der Waals surface area (Å²) in [6, 6.07) is 0.0569. The van der Waals surface area contributed by atoms with Crippen LogP contribution in [-0.4, -0.2) is 48.5 Å². The van der Waals surface area contributed by atoms with E-state index in [0.717, 1.165) is 19.4 Å². The summed E-state index contributed by atoms with van der Waals surface area (Å²) < 4.78 is 0. The second-order valence-electron chi connectivity index (χ2n) is 6.36. The fourth-order valence-corrected chi connectivity index (χ4v) is 2.80. The van der Waals surface area contributed by atoms with E-state index in [9.17, 15) is 4.79 Å². The van der Waals surface area contributed by atoms with Gasteiger partial charge in [0.2, 0.25) is 5.91 Å². The Kier molecular flexibility index (Phi) is 5.80. The molecule has 1 aliphatic carbocycles. The number of carbonyl (C=O) groups is 1. The minimum Gasteiger partial charge on any atom is -0.409 e. The smallest absolute Gasteiger partial charge is 0.234 e. The topological polar surface area (TPSA) is 91.0 Å². The zero-order chi connectivity index (χ0) is 15.3. The predicted molar refractivity (Wildman–Crippen MR) is 79.6 cm³/mol. The van der Waals surface area contributed by atoms with Gasteiger partial charge in [0.15, 0.2) is 5.84 Å². The second kappa shape index (κ2) is 6.92. The van der Waals surface area contributed by atoms with Crippen molar-refractivity contribution >= 4 is 11.7 Å². The number of amides is 1. The number of amidine groups is 1. The molecule has 1 atom stereocenters. The van der Waals surface area contributed by atoms with Crippen LogP contribution in [0.25, 0.3) is 0 Å². The number of carbonyl (C=O) groups excluding carboxylic acids is 1. The standard InChI is InChI=1S/C14H28N4O2/c1-10(2)11(9-18(3)4)16-13(19)14(12(15)17-20)7-5-6-8-14/h10-11,20H,5-9H2,1-4H3,(H2,15,17)(H,16,19). The molecular formula is C14H28N4O2. The predicted octanol–water partition coefficient (Wildman–Crippen LogP) is 0.996. The van der Waals surface area contributed by atoms with Gasteiger partial charge in [-0.1, -0.05) is 31.8 Å². The van der Waals surface area contributed by atoms with Crippen LogP contribution in [0.4, 0.5) is 0 Å². The maximum absolute atomic E-state index is 12.7. The Hall–Kier alpha value is -1.30. The first kappa shape index (κ1) is 16.8. The van der Waals surface area contributed by atoms with Gasteiger partial charge in [0, 0.05) is 12.6 Å². The molecule has 20 heavy (non-hydrogen) atoms. The SMILES string of the molecule is CC(C)C(CN(C)C)NC(=O)C1(C(N)=NO)CCCC1. The normalized spacial score (nSPS) is 20.4. The lowest BCUT2D eigenvalue weighted by Crippen LogP contribution is -2.54. The van der Waals surface area contributed by atoms with Gasteiger partial charge in [-0.15, -0.1) is 0 Å². The van der Waals surface area contributed by atoms with E-state index in [0.29, 0.717) is 18.8 Å². The first-order valence-corrected chi connectivity index (χ1v) is 7.27. The molecule has 0 bridgehead atoms. The highest BCUT2D eigenvalue weighted by atomic mass is 16.4. The maximum Gasteiger partial charge on any atom is 0.234 e. The van der Waals surface area contributed by atoms with Crippen LogP contribution in [0, 0.1) is 11.3 Å². The molecule has 6 nitrogen and oxygen atoms in total. The molecule has 0 heterocycles. The van der Waals surface area contributed by atoms with Crippen LogP contribution in [0.3, 0.4) is 0 Å². The number of likely N-dealkylation sites (N-methyl/N-ethyl adjacent to an activating group) is 1. The molecule has 1 unspecified atom stereocenters. The number of nitrogens with one attached hydrogen (secondary N) is 1. The number of nitrogens with zero attached hydrogens (tertiary/aromatic N) is 2. The van der Waals surface area contributed by atoms with Crippen LogP contribution >= 0.6 is 0 Å². The van der Waals surface area contributed by atoms with Crippen molar-refractivity contribution in [1.82, 2.24) is 10.2 Å². The summed E-state index contributed by atoms with van der Waals surface area (Å²) >= 11 is 0. The Morgan fingerprint density at radius 3 is 2.35 bits per heavy atom. The summed E-state index contributed by atoms with van der Waals surface area (Å²) in [7, 11) is 3.97. The lowest BCUT2D eigenvalue weighted by atomic mass is 9.83. The van der Waals surface area contributed by atoms with Gasteiger partial charge >= 0.3 is 0 Å². The lowest BCUT2D eigenvalue weighted by Gasteiger charge is -2.32. The van der Waals surface area contributed by atoms with E-state index in [1.165, 1.54) is 0 Å². The molecule has 1 rings (SSSR count). The van der Waals surface area contributed by atoms with Gasteiger partial charge in [0.1, 0.15) is 5.41 Å². The van der Waals surface area contributed by atoms with Crippen molar-refractivity contribution in [3.8, 4) is 0 Å². The van der Waals surface area contributed by atoms with Crippen molar-refractivity contribution < 1.29 is 10.0 Å². The van der Waals surface area contributed by atoms with E-state index in [4.69, 9.17) is 10.9 Å². The monoisotopic (exact) mass is 284 g/mol. The molecule has 0 saturated heterocycles. The molecule has 4 N–H and O–H groups in total. The molecule has 1 fully saturated rings. The van der Waals surface area contributed by atoms with Crippen LogP contribution in [0.5, 0.6) is 0 Å². The average molecular weight is 284 g/mol. The Balaban J connectivity index is 2.85. The van der Waals surface area contributed by atoms with E-state index in [1.807, 2.05) is 14.1 Å². The summed E-state index contributed by atoms with van der Waals surface area (Å²) in [6.07, 6.45) is 3.18. The van der Waals surface area contributed by atoms with E-state index in [-0.39, 0.29) is 17.8 Å². The summed E-state index contributed by atoms with van der Waals surface area (Å²) in [5, 5.41) is 15.2. The minimum atomic E-state index is -0.825. The molecular weight excluding hydrogens is 256 g/mol. The van der Waals surface area contributed by atoms with E-state index in [1.54, 1.807) is 0 Å². The van der Waals surface area contributed by atoms with Gasteiger partial charge in [0.25, 0.3) is 0 Å². The number of nitrogens with two attached hydrogens (primary N) is 1. The van der Waals surface area contributed by atoms with E-state index in [2.05, 4.69) is 29.2 Å². The zero-order valence-electron chi connectivity index (χ0n) is 13.0. The third kappa shape index (κ3) is 3.62. The Morgan fingerprint density at radius 2 is 1.95 bits per heavy atom. The number of hydrogen-bond acceptors (Lipinski definition) is 4. The maximum atomic E-state index is 12.7. The summed E-state index contributed by atoms with van der Waals surface area (Å²) in [6.45, 7) is 4.94. The molecule has 0 spiro atoms.